The fraction of sp³-hybridized carbons (Fsp3) is 0.0833. The lowest BCUT2D eigenvalue weighted by Crippen LogP contribution is -2.35. The van der Waals surface area contributed by atoms with Gasteiger partial charge in [-0.2, -0.15) is 0 Å². The largest absolute Gasteiger partial charge is 0.493 e. The summed E-state index contributed by atoms with van der Waals surface area (Å²) in [5.74, 6) is -0.256. The van der Waals surface area contributed by atoms with Crippen LogP contribution in [0.1, 0.15) is 11.1 Å². The molecule has 0 spiro atoms. The molecule has 34 heavy (non-hydrogen) atoms. The monoisotopic (exact) mass is 523 g/mol. The van der Waals surface area contributed by atoms with Gasteiger partial charge in [-0.15, -0.1) is 0 Å². The minimum atomic E-state index is -0.519. The maximum Gasteiger partial charge on any atom is 0.282 e. The maximum absolute atomic E-state index is 12.8. The van der Waals surface area contributed by atoms with Crippen LogP contribution in [0, 0.1) is 10.1 Å². The van der Waals surface area contributed by atoms with Crippen LogP contribution in [0.5, 0.6) is 11.5 Å². The number of hydrogen-bond donors (Lipinski definition) is 1. The Balaban J connectivity index is 1.58. The first kappa shape index (κ1) is 23.0. The van der Waals surface area contributed by atoms with Crippen LogP contribution < -0.4 is 19.9 Å². The number of hydrogen-bond acceptors (Lipinski definition) is 6. The molecule has 0 saturated carbocycles. The molecule has 3 aromatic rings. The van der Waals surface area contributed by atoms with E-state index in [2.05, 4.69) is 21.4 Å². The van der Waals surface area contributed by atoms with Crippen molar-refractivity contribution in [2.45, 2.75) is 6.61 Å². The second-order valence-electron chi connectivity index (χ2n) is 7.22. The molecule has 1 N–H and O–H groups in total. The van der Waals surface area contributed by atoms with E-state index < -0.39 is 16.7 Å². The average Bonchev–Trinajstić information content (AvgIpc) is 3.12. The SMILES string of the molecule is COc1cc(/C=C2/C(=O)NN(c3ccccc3)C2=O)cc(Br)c1OCc1cccc([N+](=O)[O-])c1. The Hall–Kier alpha value is -4.18. The van der Waals surface area contributed by atoms with E-state index in [0.717, 1.165) is 0 Å². The standard InChI is InChI=1S/C24H18BrN3O6/c1-33-21-13-16(11-19-23(29)26-27(24(19)30)17-7-3-2-4-8-17)12-20(25)22(21)34-14-15-6-5-9-18(10-15)28(31)32/h2-13H,14H2,1H3,(H,26,29)/b19-11-. The second-order valence-corrected chi connectivity index (χ2v) is 8.08. The molecule has 1 saturated heterocycles. The number of hydrazine groups is 1. The molecule has 2 amide bonds. The van der Waals surface area contributed by atoms with Gasteiger partial charge in [-0.05, 0) is 57.4 Å². The van der Waals surface area contributed by atoms with Crippen LogP contribution in [-0.4, -0.2) is 23.8 Å². The van der Waals surface area contributed by atoms with Crippen molar-refractivity contribution in [3.63, 3.8) is 0 Å². The molecule has 1 aliphatic rings. The molecule has 10 heteroatoms. The summed E-state index contributed by atoms with van der Waals surface area (Å²) in [5.41, 5.74) is 4.21. The van der Waals surface area contributed by atoms with Gasteiger partial charge in [-0.1, -0.05) is 30.3 Å². The van der Waals surface area contributed by atoms with E-state index in [9.17, 15) is 19.7 Å². The van der Waals surface area contributed by atoms with Gasteiger partial charge >= 0.3 is 0 Å². The van der Waals surface area contributed by atoms with Crippen molar-refractivity contribution in [3.05, 3.63) is 98.0 Å². The van der Waals surface area contributed by atoms with E-state index in [1.165, 1.54) is 30.3 Å². The van der Waals surface area contributed by atoms with Crippen LogP contribution in [-0.2, 0) is 16.2 Å². The van der Waals surface area contributed by atoms with E-state index in [1.807, 2.05) is 6.07 Å². The molecule has 0 bridgehead atoms. The molecule has 1 fully saturated rings. The number of rotatable bonds is 7. The first-order valence-electron chi connectivity index (χ1n) is 10.0. The number of para-hydroxylation sites is 1. The van der Waals surface area contributed by atoms with Crippen molar-refractivity contribution < 1.29 is 24.0 Å². The predicted molar refractivity (Wildman–Crippen MR) is 128 cm³/mol. The Morgan fingerprint density at radius 3 is 2.56 bits per heavy atom. The first-order valence-corrected chi connectivity index (χ1v) is 10.8. The highest BCUT2D eigenvalue weighted by molar-refractivity contribution is 9.10. The molecule has 9 nitrogen and oxygen atoms in total. The number of carbonyl (C=O) groups is 2. The molecule has 1 aliphatic heterocycles. The van der Waals surface area contributed by atoms with Crippen molar-refractivity contribution in [2.75, 3.05) is 12.1 Å². The number of anilines is 1. The van der Waals surface area contributed by atoms with E-state index in [4.69, 9.17) is 9.47 Å². The van der Waals surface area contributed by atoms with Gasteiger partial charge in [0.25, 0.3) is 17.5 Å². The average molecular weight is 524 g/mol. The number of amides is 2. The number of nitrogens with one attached hydrogen (secondary N) is 1. The minimum absolute atomic E-state index is 0.0249. The van der Waals surface area contributed by atoms with Crippen LogP contribution >= 0.6 is 15.9 Å². The number of nitro groups is 1. The lowest BCUT2D eigenvalue weighted by Gasteiger charge is -2.14. The van der Waals surface area contributed by atoms with Gasteiger partial charge in [0.15, 0.2) is 11.5 Å². The summed E-state index contributed by atoms with van der Waals surface area (Å²) in [6, 6.07) is 18.2. The lowest BCUT2D eigenvalue weighted by molar-refractivity contribution is -0.384. The fourth-order valence-electron chi connectivity index (χ4n) is 3.36. The molecule has 0 unspecified atom stereocenters. The number of benzene rings is 3. The zero-order valence-electron chi connectivity index (χ0n) is 17.9. The normalized spacial score (nSPS) is 14.3. The maximum atomic E-state index is 12.8. The number of non-ortho nitro benzene ring substituents is 1. The number of nitro benzene ring substituents is 1. The third kappa shape index (κ3) is 4.76. The zero-order chi connectivity index (χ0) is 24.2. The molecule has 0 radical (unpaired) electrons. The van der Waals surface area contributed by atoms with Crippen LogP contribution in [0.2, 0.25) is 0 Å². The first-order chi connectivity index (χ1) is 16.4. The van der Waals surface area contributed by atoms with E-state index in [1.54, 1.807) is 48.5 Å². The van der Waals surface area contributed by atoms with Crippen LogP contribution in [0.15, 0.2) is 76.8 Å². The quantitative estimate of drug-likeness (QED) is 0.212. The van der Waals surface area contributed by atoms with Crippen LogP contribution in [0.25, 0.3) is 6.08 Å². The van der Waals surface area contributed by atoms with Crippen molar-refractivity contribution in [1.29, 1.82) is 0 Å². The zero-order valence-corrected chi connectivity index (χ0v) is 19.4. The summed E-state index contributed by atoms with van der Waals surface area (Å²) in [7, 11) is 1.46. The summed E-state index contributed by atoms with van der Waals surface area (Å²) < 4.78 is 11.8. The Labute approximate surface area is 202 Å². The fourth-order valence-corrected chi connectivity index (χ4v) is 3.94. The third-order valence-electron chi connectivity index (χ3n) is 4.97. The molecule has 0 atom stereocenters. The number of methoxy groups -OCH3 is 1. The lowest BCUT2D eigenvalue weighted by atomic mass is 10.1. The highest BCUT2D eigenvalue weighted by Crippen LogP contribution is 2.38. The molecule has 1 heterocycles. The molecule has 4 rings (SSSR count). The van der Waals surface area contributed by atoms with Crippen molar-refractivity contribution in [2.24, 2.45) is 0 Å². The van der Waals surface area contributed by atoms with E-state index in [0.29, 0.717) is 32.8 Å². The molecular weight excluding hydrogens is 506 g/mol. The molecular formula is C24H18BrN3O6. The predicted octanol–water partition coefficient (Wildman–Crippen LogP) is 4.41. The summed E-state index contributed by atoms with van der Waals surface area (Å²) >= 11 is 3.44. The number of nitrogens with zero attached hydrogens (tertiary/aromatic N) is 2. The summed E-state index contributed by atoms with van der Waals surface area (Å²) in [4.78, 5) is 35.8. The van der Waals surface area contributed by atoms with Crippen molar-refractivity contribution in [3.8, 4) is 11.5 Å². The van der Waals surface area contributed by atoms with Gasteiger partial charge in [0.2, 0.25) is 0 Å². The van der Waals surface area contributed by atoms with Gasteiger partial charge in [0, 0.05) is 12.1 Å². The van der Waals surface area contributed by atoms with E-state index >= 15 is 0 Å². The van der Waals surface area contributed by atoms with Gasteiger partial charge in [-0.25, -0.2) is 5.01 Å². The van der Waals surface area contributed by atoms with Gasteiger partial charge in [-0.3, -0.25) is 25.1 Å². The number of carbonyl (C=O) groups excluding carboxylic acids is 2. The Bertz CT molecular complexity index is 1310. The highest BCUT2D eigenvalue weighted by atomic mass is 79.9. The van der Waals surface area contributed by atoms with Crippen LogP contribution in [0.4, 0.5) is 11.4 Å². The summed E-state index contributed by atoms with van der Waals surface area (Å²) in [6.07, 6.45) is 1.47. The molecule has 0 aliphatic carbocycles. The topological polar surface area (TPSA) is 111 Å². The summed E-state index contributed by atoms with van der Waals surface area (Å²) in [5, 5.41) is 12.2. The Kier molecular flexibility index (Phi) is 6.60. The minimum Gasteiger partial charge on any atom is -0.493 e. The molecule has 0 aromatic heterocycles. The van der Waals surface area contributed by atoms with Crippen molar-refractivity contribution >= 4 is 45.2 Å². The third-order valence-corrected chi connectivity index (χ3v) is 5.56. The number of halogens is 1. The van der Waals surface area contributed by atoms with Crippen molar-refractivity contribution in [1.82, 2.24) is 5.43 Å². The van der Waals surface area contributed by atoms with Crippen LogP contribution in [0.3, 0.4) is 0 Å². The smallest absolute Gasteiger partial charge is 0.282 e. The van der Waals surface area contributed by atoms with Gasteiger partial charge in [0.05, 0.1) is 22.2 Å². The molecule has 3 aromatic carbocycles. The molecule has 172 valence electrons. The van der Waals surface area contributed by atoms with E-state index in [-0.39, 0.29) is 17.9 Å². The highest BCUT2D eigenvalue weighted by Gasteiger charge is 2.34. The Morgan fingerprint density at radius 1 is 1.09 bits per heavy atom. The Morgan fingerprint density at radius 2 is 1.85 bits per heavy atom. The number of ether oxygens (including phenoxy) is 2. The summed E-state index contributed by atoms with van der Waals surface area (Å²) in [6.45, 7) is 0.0734. The van der Waals surface area contributed by atoms with Gasteiger partial charge in [0.1, 0.15) is 12.2 Å². The van der Waals surface area contributed by atoms with Gasteiger partial charge < -0.3 is 9.47 Å². The second kappa shape index (κ2) is 9.75.